The molecule has 0 aliphatic heterocycles. The highest BCUT2D eigenvalue weighted by Gasteiger charge is 2.29. The van der Waals surface area contributed by atoms with Crippen LogP contribution >= 0.6 is 0 Å². The molecule has 1 rings (SSSR count). The van der Waals surface area contributed by atoms with Gasteiger partial charge in [-0.25, -0.2) is 0 Å². The molecule has 0 heterocycles. The van der Waals surface area contributed by atoms with Crippen molar-refractivity contribution in [2.24, 2.45) is 0 Å². The number of hydrogen-bond acceptors (Lipinski definition) is 3. The Morgan fingerprint density at radius 2 is 2.00 bits per heavy atom. The summed E-state index contributed by atoms with van der Waals surface area (Å²) < 4.78 is 5.21. The monoisotopic (exact) mass is 263 g/mol. The third-order valence-corrected chi connectivity index (χ3v) is 3.66. The summed E-state index contributed by atoms with van der Waals surface area (Å²) in [4.78, 5) is 13.9. The fourth-order valence-corrected chi connectivity index (χ4v) is 2.36. The number of carbonyl (C=O) groups is 1. The summed E-state index contributed by atoms with van der Waals surface area (Å²) in [6, 6.07) is 10.3. The van der Waals surface area contributed by atoms with Crippen LogP contribution in [-0.2, 0) is 14.9 Å². The van der Waals surface area contributed by atoms with Crippen LogP contribution in [0.25, 0.3) is 0 Å². The van der Waals surface area contributed by atoms with Crippen molar-refractivity contribution in [2.75, 3.05) is 26.8 Å². The van der Waals surface area contributed by atoms with Crippen LogP contribution in [0.1, 0.15) is 26.3 Å². The fraction of sp³-hybridized carbons (Fsp3) is 0.562. The summed E-state index contributed by atoms with van der Waals surface area (Å²) in [5.41, 5.74) is 0.590. The van der Waals surface area contributed by atoms with Crippen molar-refractivity contribution >= 4 is 6.29 Å². The Morgan fingerprint density at radius 1 is 1.37 bits per heavy atom. The van der Waals surface area contributed by atoms with Crippen LogP contribution in [-0.4, -0.2) is 44.0 Å². The molecular formula is C16H25NO2. The van der Waals surface area contributed by atoms with E-state index in [2.05, 4.69) is 18.7 Å². The Hall–Kier alpha value is -1.19. The Bertz CT molecular complexity index is 380. The van der Waals surface area contributed by atoms with Gasteiger partial charge in [-0.05, 0) is 26.0 Å². The van der Waals surface area contributed by atoms with E-state index in [0.717, 1.165) is 18.4 Å². The molecule has 3 nitrogen and oxygen atoms in total. The van der Waals surface area contributed by atoms with E-state index in [4.69, 9.17) is 4.74 Å². The Labute approximate surface area is 116 Å². The molecule has 0 fully saturated rings. The largest absolute Gasteiger partial charge is 0.383 e. The van der Waals surface area contributed by atoms with Crippen LogP contribution in [0.4, 0.5) is 0 Å². The molecular weight excluding hydrogens is 238 g/mol. The van der Waals surface area contributed by atoms with Crippen molar-refractivity contribution in [3.05, 3.63) is 35.9 Å². The lowest BCUT2D eigenvalue weighted by atomic mass is 9.83. The van der Waals surface area contributed by atoms with E-state index in [1.54, 1.807) is 7.11 Å². The number of hydrogen-bond donors (Lipinski definition) is 0. The third-order valence-electron chi connectivity index (χ3n) is 3.66. The molecule has 0 saturated heterocycles. The average molecular weight is 263 g/mol. The molecule has 106 valence electrons. The van der Waals surface area contributed by atoms with Crippen molar-refractivity contribution in [3.8, 4) is 0 Å². The van der Waals surface area contributed by atoms with Gasteiger partial charge in [0.1, 0.15) is 6.29 Å². The van der Waals surface area contributed by atoms with Crippen LogP contribution in [0.2, 0.25) is 0 Å². The van der Waals surface area contributed by atoms with Crippen LogP contribution in [0.5, 0.6) is 0 Å². The summed E-state index contributed by atoms with van der Waals surface area (Å²) >= 11 is 0. The Morgan fingerprint density at radius 3 is 2.47 bits per heavy atom. The van der Waals surface area contributed by atoms with Gasteiger partial charge in [0.2, 0.25) is 0 Å². The van der Waals surface area contributed by atoms with Crippen molar-refractivity contribution in [1.82, 2.24) is 4.90 Å². The van der Waals surface area contributed by atoms with Crippen molar-refractivity contribution in [1.29, 1.82) is 0 Å². The highest BCUT2D eigenvalue weighted by molar-refractivity contribution is 5.68. The molecule has 0 aliphatic carbocycles. The minimum atomic E-state index is -0.473. The number of nitrogens with zero attached hydrogens (tertiary/aromatic N) is 1. The molecule has 0 N–H and O–H groups in total. The zero-order valence-electron chi connectivity index (χ0n) is 12.4. The number of methoxy groups -OCH3 is 1. The number of rotatable bonds is 8. The number of ether oxygens (including phenoxy) is 1. The van der Waals surface area contributed by atoms with Gasteiger partial charge in [0, 0.05) is 19.7 Å². The smallest absolute Gasteiger partial charge is 0.131 e. The van der Waals surface area contributed by atoms with Crippen molar-refractivity contribution in [2.45, 2.75) is 32.2 Å². The molecule has 0 radical (unpaired) electrons. The van der Waals surface area contributed by atoms with Gasteiger partial charge in [-0.2, -0.15) is 0 Å². The highest BCUT2D eigenvalue weighted by Crippen LogP contribution is 2.23. The maximum absolute atomic E-state index is 11.6. The van der Waals surface area contributed by atoms with Gasteiger partial charge in [-0.1, -0.05) is 37.3 Å². The molecule has 0 bridgehead atoms. The summed E-state index contributed by atoms with van der Waals surface area (Å²) in [6.45, 7) is 8.53. The lowest BCUT2D eigenvalue weighted by molar-refractivity contribution is -0.113. The molecule has 19 heavy (non-hydrogen) atoms. The Balaban J connectivity index is 2.88. The molecule has 2 unspecified atom stereocenters. The van der Waals surface area contributed by atoms with Gasteiger partial charge in [0.05, 0.1) is 12.0 Å². The molecule has 2 atom stereocenters. The number of likely N-dealkylation sites (N-methyl/N-ethyl adjacent to an activating group) is 1. The number of benzene rings is 1. The normalized spacial score (nSPS) is 16.1. The molecule has 0 spiro atoms. The second-order valence-electron chi connectivity index (χ2n) is 5.27. The molecule has 0 aliphatic rings. The van der Waals surface area contributed by atoms with Crippen LogP contribution in [0.15, 0.2) is 30.3 Å². The Kier molecular flexibility index (Phi) is 6.19. The summed E-state index contributed by atoms with van der Waals surface area (Å²) in [6.07, 6.45) is 1.06. The SMILES string of the molecule is CCN(CC(C)(C=O)c1ccccc1)C(C)COC. The lowest BCUT2D eigenvalue weighted by Gasteiger charge is -2.35. The number of carbonyl (C=O) groups excluding carboxylic acids is 1. The number of aldehydes is 1. The van der Waals surface area contributed by atoms with Gasteiger partial charge >= 0.3 is 0 Å². The minimum absolute atomic E-state index is 0.304. The standard InChI is InChI=1S/C16H25NO2/c1-5-17(14(2)11-19-4)12-16(3,13-18)15-9-7-6-8-10-15/h6-10,13-14H,5,11-12H2,1-4H3. The highest BCUT2D eigenvalue weighted by atomic mass is 16.5. The molecule has 0 aromatic heterocycles. The van der Waals surface area contributed by atoms with Crippen molar-refractivity contribution in [3.63, 3.8) is 0 Å². The van der Waals surface area contributed by atoms with Crippen LogP contribution in [0.3, 0.4) is 0 Å². The molecule has 1 aromatic rings. The first kappa shape index (κ1) is 15.9. The first-order valence-corrected chi connectivity index (χ1v) is 6.82. The van der Waals surface area contributed by atoms with Gasteiger partial charge in [-0.3, -0.25) is 4.90 Å². The molecule has 0 amide bonds. The van der Waals surface area contributed by atoms with Gasteiger partial charge in [0.25, 0.3) is 0 Å². The van der Waals surface area contributed by atoms with E-state index in [1.165, 1.54) is 0 Å². The zero-order chi connectivity index (χ0) is 14.3. The van der Waals surface area contributed by atoms with E-state index in [9.17, 15) is 4.79 Å². The summed E-state index contributed by atoms with van der Waals surface area (Å²) in [7, 11) is 1.71. The summed E-state index contributed by atoms with van der Waals surface area (Å²) in [5.74, 6) is 0. The van der Waals surface area contributed by atoms with E-state index in [1.807, 2.05) is 37.3 Å². The van der Waals surface area contributed by atoms with Gasteiger partial charge in [0.15, 0.2) is 0 Å². The maximum atomic E-state index is 11.6. The predicted molar refractivity (Wildman–Crippen MR) is 78.4 cm³/mol. The topological polar surface area (TPSA) is 29.5 Å². The zero-order valence-corrected chi connectivity index (χ0v) is 12.4. The van der Waals surface area contributed by atoms with Crippen LogP contribution < -0.4 is 0 Å². The van der Waals surface area contributed by atoms with Crippen molar-refractivity contribution < 1.29 is 9.53 Å². The van der Waals surface area contributed by atoms with E-state index < -0.39 is 5.41 Å². The van der Waals surface area contributed by atoms with E-state index in [0.29, 0.717) is 19.2 Å². The molecule has 3 heteroatoms. The lowest BCUT2D eigenvalue weighted by Crippen LogP contribution is -2.45. The van der Waals surface area contributed by atoms with Gasteiger partial charge < -0.3 is 9.53 Å². The first-order chi connectivity index (χ1) is 9.07. The first-order valence-electron chi connectivity index (χ1n) is 6.82. The third kappa shape index (κ3) is 4.15. The maximum Gasteiger partial charge on any atom is 0.131 e. The predicted octanol–water partition coefficient (Wildman–Crippen LogP) is 2.50. The van der Waals surface area contributed by atoms with Gasteiger partial charge in [-0.15, -0.1) is 0 Å². The quantitative estimate of drug-likeness (QED) is 0.675. The second-order valence-corrected chi connectivity index (χ2v) is 5.27. The van der Waals surface area contributed by atoms with E-state index >= 15 is 0 Å². The average Bonchev–Trinajstić information content (AvgIpc) is 2.45. The van der Waals surface area contributed by atoms with Crippen LogP contribution in [0, 0.1) is 0 Å². The van der Waals surface area contributed by atoms with E-state index in [-0.39, 0.29) is 0 Å². The summed E-state index contributed by atoms with van der Waals surface area (Å²) in [5, 5.41) is 0. The fourth-order valence-electron chi connectivity index (χ4n) is 2.36. The second kappa shape index (κ2) is 7.41. The molecule has 0 saturated carbocycles. The minimum Gasteiger partial charge on any atom is -0.383 e. The molecule has 1 aromatic carbocycles.